The smallest absolute Gasteiger partial charge is 0.282 e. The fraction of sp³-hybridized carbons (Fsp3) is 0.0769. The van der Waals surface area contributed by atoms with Crippen LogP contribution in [0.15, 0.2) is 94.9 Å². The molecule has 0 unspecified atom stereocenters. The highest BCUT2D eigenvalue weighted by atomic mass is 32.2. The summed E-state index contributed by atoms with van der Waals surface area (Å²) in [5.41, 5.74) is 2.01. The molecule has 36 heavy (non-hydrogen) atoms. The van der Waals surface area contributed by atoms with E-state index in [9.17, 15) is 30.9 Å². The zero-order chi connectivity index (χ0) is 25.9. The quantitative estimate of drug-likeness (QED) is 0.204. The number of hydrogen-bond donors (Lipinski definition) is 2. The summed E-state index contributed by atoms with van der Waals surface area (Å²) in [6, 6.07) is 21.2. The van der Waals surface area contributed by atoms with Gasteiger partial charge in [-0.1, -0.05) is 66.7 Å². The van der Waals surface area contributed by atoms with E-state index in [1.807, 2.05) is 42.5 Å². The molecule has 0 radical (unpaired) electrons. The van der Waals surface area contributed by atoms with Gasteiger partial charge in [0, 0.05) is 11.1 Å². The largest absolute Gasteiger partial charge is 0.416 e. The van der Waals surface area contributed by atoms with E-state index in [-0.39, 0.29) is 23.1 Å². The molecular formula is C26H19F3N2O4S. The molecular weight excluding hydrogens is 493 g/mol. The summed E-state index contributed by atoms with van der Waals surface area (Å²) in [4.78, 5) is 11.7. The maximum Gasteiger partial charge on any atom is 0.416 e. The summed E-state index contributed by atoms with van der Waals surface area (Å²) in [6.45, 7) is 0. The van der Waals surface area contributed by atoms with Crippen molar-refractivity contribution in [1.82, 2.24) is 5.43 Å². The van der Waals surface area contributed by atoms with Crippen molar-refractivity contribution in [2.45, 2.75) is 17.5 Å². The molecule has 4 aromatic carbocycles. The van der Waals surface area contributed by atoms with Gasteiger partial charge in [-0.25, -0.2) is 5.43 Å². The van der Waals surface area contributed by atoms with Crippen molar-refractivity contribution in [2.24, 2.45) is 5.10 Å². The molecule has 0 aliphatic carbocycles. The minimum atomic E-state index is -4.83. The Labute approximate surface area is 204 Å². The Hall–Kier alpha value is -4.02. The average molecular weight is 513 g/mol. The van der Waals surface area contributed by atoms with Crippen molar-refractivity contribution in [3.05, 3.63) is 102 Å². The van der Waals surface area contributed by atoms with Gasteiger partial charge in [0.15, 0.2) is 0 Å². The number of carbonyl (C=O) groups is 1. The molecule has 184 valence electrons. The Morgan fingerprint density at radius 2 is 1.58 bits per heavy atom. The number of hydrazone groups is 1. The Morgan fingerprint density at radius 3 is 2.31 bits per heavy atom. The lowest BCUT2D eigenvalue weighted by Gasteiger charge is -2.14. The zero-order valence-corrected chi connectivity index (χ0v) is 19.3. The highest BCUT2D eigenvalue weighted by Gasteiger charge is 2.32. The maximum atomic E-state index is 13.3. The van der Waals surface area contributed by atoms with Gasteiger partial charge in [-0.3, -0.25) is 9.35 Å². The van der Waals surface area contributed by atoms with Crippen molar-refractivity contribution in [1.29, 1.82) is 0 Å². The molecule has 4 aromatic rings. The van der Waals surface area contributed by atoms with E-state index in [4.69, 9.17) is 0 Å². The van der Waals surface area contributed by atoms with Crippen molar-refractivity contribution in [3.63, 3.8) is 0 Å². The third-order valence-corrected chi connectivity index (χ3v) is 6.32. The van der Waals surface area contributed by atoms with Crippen LogP contribution >= 0.6 is 0 Å². The van der Waals surface area contributed by atoms with E-state index in [1.54, 1.807) is 6.07 Å². The molecule has 1 amide bonds. The van der Waals surface area contributed by atoms with Crippen LogP contribution in [0, 0.1) is 0 Å². The number of benzene rings is 4. The number of carbonyl (C=O) groups excluding carboxylic acids is 1. The SMILES string of the molecule is O=C(Cc1ccc2ccccc2c1)N/N=C\c1ccccc1-c1cc(C(F)(F)F)ccc1S(=O)(=O)O. The first-order chi connectivity index (χ1) is 17.0. The van der Waals surface area contributed by atoms with Gasteiger partial charge in [0.05, 0.1) is 18.2 Å². The van der Waals surface area contributed by atoms with Gasteiger partial charge >= 0.3 is 6.18 Å². The minimum Gasteiger partial charge on any atom is -0.282 e. The van der Waals surface area contributed by atoms with Crippen LogP contribution in [0.2, 0.25) is 0 Å². The first-order valence-corrected chi connectivity index (χ1v) is 12.0. The van der Waals surface area contributed by atoms with E-state index >= 15 is 0 Å². The van der Waals surface area contributed by atoms with E-state index in [0.717, 1.165) is 16.3 Å². The van der Waals surface area contributed by atoms with Crippen LogP contribution in [0.4, 0.5) is 13.2 Å². The maximum absolute atomic E-state index is 13.3. The van der Waals surface area contributed by atoms with Gasteiger partial charge in [-0.05, 0) is 40.1 Å². The van der Waals surface area contributed by atoms with Gasteiger partial charge < -0.3 is 0 Å². The van der Waals surface area contributed by atoms with Crippen LogP contribution in [-0.2, 0) is 27.5 Å². The molecule has 0 heterocycles. The Kier molecular flexibility index (Phi) is 6.91. The predicted molar refractivity (Wildman–Crippen MR) is 130 cm³/mol. The standard InChI is InChI=1S/C26H19F3N2O4S/c27-26(28,29)21-11-12-24(36(33,34)35)23(15-21)22-8-4-3-7-20(22)16-30-31-25(32)14-17-9-10-18-5-1-2-6-19(18)13-17/h1-13,15-16H,14H2,(H,31,32)(H,33,34,35)/b30-16-. The van der Waals surface area contributed by atoms with Crippen LogP contribution in [0.3, 0.4) is 0 Å². The van der Waals surface area contributed by atoms with Gasteiger partial charge in [0.1, 0.15) is 4.90 Å². The van der Waals surface area contributed by atoms with Crippen LogP contribution in [0.5, 0.6) is 0 Å². The van der Waals surface area contributed by atoms with Gasteiger partial charge in [-0.15, -0.1) is 0 Å². The molecule has 0 atom stereocenters. The first kappa shape index (κ1) is 25.1. The van der Waals surface area contributed by atoms with Crippen molar-refractivity contribution >= 4 is 33.0 Å². The normalized spacial score (nSPS) is 12.2. The van der Waals surface area contributed by atoms with Crippen molar-refractivity contribution in [3.8, 4) is 11.1 Å². The Morgan fingerprint density at radius 1 is 0.889 bits per heavy atom. The summed E-state index contributed by atoms with van der Waals surface area (Å²) < 4.78 is 73.1. The number of nitrogens with one attached hydrogen (secondary N) is 1. The number of rotatable bonds is 6. The van der Waals surface area contributed by atoms with E-state index in [0.29, 0.717) is 18.2 Å². The molecule has 0 saturated carbocycles. The number of amides is 1. The molecule has 0 aliphatic heterocycles. The molecule has 2 N–H and O–H groups in total. The Bertz CT molecular complexity index is 1580. The third kappa shape index (κ3) is 5.78. The third-order valence-electron chi connectivity index (χ3n) is 5.41. The Balaban J connectivity index is 1.59. The molecule has 0 spiro atoms. The fourth-order valence-corrected chi connectivity index (χ4v) is 4.43. The summed E-state index contributed by atoms with van der Waals surface area (Å²) in [6.07, 6.45) is -3.49. The molecule has 0 aliphatic rings. The predicted octanol–water partition coefficient (Wildman–Crippen LogP) is 5.47. The minimum absolute atomic E-state index is 0.0460. The van der Waals surface area contributed by atoms with Gasteiger partial charge in [0.2, 0.25) is 5.91 Å². The van der Waals surface area contributed by atoms with E-state index < -0.39 is 32.7 Å². The topological polar surface area (TPSA) is 95.8 Å². The number of alkyl halides is 3. The van der Waals surface area contributed by atoms with E-state index in [1.165, 1.54) is 24.4 Å². The lowest BCUT2D eigenvalue weighted by atomic mass is 9.98. The summed E-state index contributed by atoms with van der Waals surface area (Å²) in [5.74, 6) is -0.420. The monoisotopic (exact) mass is 512 g/mol. The molecule has 10 heteroatoms. The van der Waals surface area contributed by atoms with Crippen molar-refractivity contribution in [2.75, 3.05) is 0 Å². The molecule has 4 rings (SSSR count). The second-order valence-corrected chi connectivity index (χ2v) is 9.31. The van der Waals surface area contributed by atoms with Crippen molar-refractivity contribution < 1.29 is 30.9 Å². The molecule has 6 nitrogen and oxygen atoms in total. The van der Waals surface area contributed by atoms with Gasteiger partial charge in [-0.2, -0.15) is 26.7 Å². The summed E-state index contributed by atoms with van der Waals surface area (Å²) in [5, 5.41) is 5.91. The molecule has 0 bridgehead atoms. The van der Waals surface area contributed by atoms with Crippen LogP contribution in [0.1, 0.15) is 16.7 Å². The first-order valence-electron chi connectivity index (χ1n) is 10.6. The second-order valence-electron chi connectivity index (χ2n) is 7.92. The van der Waals surface area contributed by atoms with Crippen LogP contribution in [0.25, 0.3) is 21.9 Å². The number of hydrogen-bond acceptors (Lipinski definition) is 4. The number of nitrogens with zero attached hydrogens (tertiary/aromatic N) is 1. The van der Waals surface area contributed by atoms with Crippen LogP contribution in [-0.4, -0.2) is 25.1 Å². The van der Waals surface area contributed by atoms with Crippen LogP contribution < -0.4 is 5.43 Å². The van der Waals surface area contributed by atoms with E-state index in [2.05, 4.69) is 10.5 Å². The molecule has 0 saturated heterocycles. The van der Waals surface area contributed by atoms with Gasteiger partial charge in [0.25, 0.3) is 10.1 Å². The average Bonchev–Trinajstić information content (AvgIpc) is 2.83. The highest BCUT2D eigenvalue weighted by molar-refractivity contribution is 7.86. The fourth-order valence-electron chi connectivity index (χ4n) is 3.74. The second kappa shape index (κ2) is 9.92. The summed E-state index contributed by atoms with van der Waals surface area (Å²) >= 11 is 0. The zero-order valence-electron chi connectivity index (χ0n) is 18.5. The lowest BCUT2D eigenvalue weighted by molar-refractivity contribution is -0.137. The number of halogens is 3. The number of fused-ring (bicyclic) bond motifs is 1. The molecule has 0 aromatic heterocycles. The molecule has 0 fully saturated rings. The summed E-state index contributed by atoms with van der Waals surface area (Å²) in [7, 11) is -4.83. The lowest BCUT2D eigenvalue weighted by Crippen LogP contribution is -2.19. The highest BCUT2D eigenvalue weighted by Crippen LogP contribution is 2.36.